The standard InChI is InChI=1S/C22H30O4S/c1-14(2)17-12-20(15(3)4)22(21(13-17)16(5)6)27(23,24)26-19-10-8-18(25-7)9-11-19/h8-16H,1-7H3. The fraction of sp³-hybridized carbons (Fsp3) is 0.455. The van der Waals surface area contributed by atoms with E-state index >= 15 is 0 Å². The lowest BCUT2D eigenvalue weighted by atomic mass is 9.89. The van der Waals surface area contributed by atoms with Gasteiger partial charge in [-0.1, -0.05) is 53.7 Å². The van der Waals surface area contributed by atoms with Crippen LogP contribution in [0.25, 0.3) is 0 Å². The van der Waals surface area contributed by atoms with Gasteiger partial charge in [0, 0.05) is 0 Å². The van der Waals surface area contributed by atoms with E-state index in [2.05, 4.69) is 13.8 Å². The molecule has 0 radical (unpaired) electrons. The number of ether oxygens (including phenoxy) is 1. The molecule has 0 aromatic heterocycles. The average molecular weight is 391 g/mol. The van der Waals surface area contributed by atoms with E-state index in [1.54, 1.807) is 31.4 Å². The summed E-state index contributed by atoms with van der Waals surface area (Å²) in [6.07, 6.45) is 0. The SMILES string of the molecule is COc1ccc(OS(=O)(=O)c2c(C(C)C)cc(C(C)C)cc2C(C)C)cc1. The van der Waals surface area contributed by atoms with Gasteiger partial charge in [-0.2, -0.15) is 8.42 Å². The third-order valence-electron chi connectivity index (χ3n) is 4.59. The fourth-order valence-electron chi connectivity index (χ4n) is 2.98. The van der Waals surface area contributed by atoms with Crippen molar-refractivity contribution in [2.45, 2.75) is 64.2 Å². The smallest absolute Gasteiger partial charge is 0.339 e. The maximum absolute atomic E-state index is 13.2. The molecule has 0 aliphatic carbocycles. The monoisotopic (exact) mass is 390 g/mol. The summed E-state index contributed by atoms with van der Waals surface area (Å²) in [4.78, 5) is 0.299. The molecular weight excluding hydrogens is 360 g/mol. The Balaban J connectivity index is 2.62. The maximum atomic E-state index is 13.2. The molecule has 0 N–H and O–H groups in total. The summed E-state index contributed by atoms with van der Waals surface area (Å²) >= 11 is 0. The first kappa shape index (κ1) is 21.3. The number of methoxy groups -OCH3 is 1. The second kappa shape index (κ2) is 8.34. The van der Waals surface area contributed by atoms with Crippen LogP contribution in [0.1, 0.15) is 76.0 Å². The number of hydrogen-bond acceptors (Lipinski definition) is 4. The van der Waals surface area contributed by atoms with Crippen molar-refractivity contribution in [1.29, 1.82) is 0 Å². The largest absolute Gasteiger partial charge is 0.497 e. The molecule has 0 atom stereocenters. The van der Waals surface area contributed by atoms with E-state index in [0.717, 1.165) is 16.7 Å². The molecule has 0 aliphatic rings. The molecule has 0 spiro atoms. The zero-order valence-corrected chi connectivity index (χ0v) is 18.1. The minimum Gasteiger partial charge on any atom is -0.497 e. The molecule has 0 amide bonds. The third-order valence-corrected chi connectivity index (χ3v) is 5.98. The van der Waals surface area contributed by atoms with Gasteiger partial charge in [-0.3, -0.25) is 0 Å². The highest BCUT2D eigenvalue weighted by atomic mass is 32.2. The summed E-state index contributed by atoms with van der Waals surface area (Å²) in [6, 6.07) is 10.6. The minimum absolute atomic E-state index is 0.0606. The quantitative estimate of drug-likeness (QED) is 0.558. The second-order valence-electron chi connectivity index (χ2n) is 7.71. The van der Waals surface area contributed by atoms with Crippen LogP contribution < -0.4 is 8.92 Å². The summed E-state index contributed by atoms with van der Waals surface area (Å²) < 4.78 is 37.1. The Kier molecular flexibility index (Phi) is 6.58. The lowest BCUT2D eigenvalue weighted by Crippen LogP contribution is -2.17. The van der Waals surface area contributed by atoms with Crippen LogP contribution in [-0.4, -0.2) is 15.5 Å². The average Bonchev–Trinajstić information content (AvgIpc) is 2.60. The Bertz CT molecular complexity index is 850. The molecule has 27 heavy (non-hydrogen) atoms. The molecule has 0 heterocycles. The predicted octanol–water partition coefficient (Wildman–Crippen LogP) is 5.83. The Morgan fingerprint density at radius 1 is 0.741 bits per heavy atom. The van der Waals surface area contributed by atoms with Gasteiger partial charge in [0.05, 0.1) is 7.11 Å². The maximum Gasteiger partial charge on any atom is 0.339 e. The van der Waals surface area contributed by atoms with E-state index in [1.165, 1.54) is 0 Å². The Morgan fingerprint density at radius 3 is 1.56 bits per heavy atom. The van der Waals surface area contributed by atoms with Gasteiger partial charge in [-0.05, 0) is 58.7 Å². The van der Waals surface area contributed by atoms with Crippen LogP contribution in [0.2, 0.25) is 0 Å². The highest BCUT2D eigenvalue weighted by Gasteiger charge is 2.28. The van der Waals surface area contributed by atoms with Crippen LogP contribution in [0.15, 0.2) is 41.3 Å². The van der Waals surface area contributed by atoms with Crippen LogP contribution in [0.3, 0.4) is 0 Å². The van der Waals surface area contributed by atoms with Gasteiger partial charge < -0.3 is 8.92 Å². The van der Waals surface area contributed by atoms with Gasteiger partial charge in [-0.25, -0.2) is 0 Å². The first-order valence-corrected chi connectivity index (χ1v) is 10.7. The molecule has 2 rings (SSSR count). The summed E-state index contributed by atoms with van der Waals surface area (Å²) in [5.41, 5.74) is 2.75. The van der Waals surface area contributed by atoms with Crippen molar-refractivity contribution in [3.8, 4) is 11.5 Å². The zero-order chi connectivity index (χ0) is 20.4. The van der Waals surface area contributed by atoms with Crippen LogP contribution >= 0.6 is 0 Å². The van der Waals surface area contributed by atoms with E-state index in [9.17, 15) is 8.42 Å². The highest BCUT2D eigenvalue weighted by Crippen LogP contribution is 2.36. The van der Waals surface area contributed by atoms with E-state index < -0.39 is 10.1 Å². The number of hydrogen-bond donors (Lipinski definition) is 0. The number of rotatable bonds is 7. The van der Waals surface area contributed by atoms with Crippen molar-refractivity contribution >= 4 is 10.1 Å². The molecule has 0 saturated heterocycles. The first-order chi connectivity index (χ1) is 12.6. The lowest BCUT2D eigenvalue weighted by Gasteiger charge is -2.22. The van der Waals surface area contributed by atoms with Crippen LogP contribution in [0.4, 0.5) is 0 Å². The second-order valence-corrected chi connectivity index (χ2v) is 9.19. The van der Waals surface area contributed by atoms with Gasteiger partial charge in [0.2, 0.25) is 0 Å². The van der Waals surface area contributed by atoms with Gasteiger partial charge >= 0.3 is 10.1 Å². The predicted molar refractivity (Wildman–Crippen MR) is 110 cm³/mol. The van der Waals surface area contributed by atoms with E-state index in [0.29, 0.717) is 16.6 Å². The van der Waals surface area contributed by atoms with Gasteiger partial charge in [0.25, 0.3) is 0 Å². The molecule has 0 bridgehead atoms. The van der Waals surface area contributed by atoms with Crippen molar-refractivity contribution in [1.82, 2.24) is 0 Å². The van der Waals surface area contributed by atoms with E-state index in [1.807, 2.05) is 39.8 Å². The molecular formula is C22H30O4S. The van der Waals surface area contributed by atoms with Gasteiger partial charge in [0.1, 0.15) is 16.4 Å². The molecule has 0 saturated carbocycles. The lowest BCUT2D eigenvalue weighted by molar-refractivity contribution is 0.413. The molecule has 4 nitrogen and oxygen atoms in total. The molecule has 0 unspecified atom stereocenters. The third kappa shape index (κ3) is 4.83. The summed E-state index contributed by atoms with van der Waals surface area (Å²) in [5.74, 6) is 1.36. The molecule has 0 aliphatic heterocycles. The van der Waals surface area contributed by atoms with Crippen molar-refractivity contribution in [3.63, 3.8) is 0 Å². The molecule has 2 aromatic carbocycles. The van der Waals surface area contributed by atoms with Crippen molar-refractivity contribution in [3.05, 3.63) is 53.1 Å². The summed E-state index contributed by atoms with van der Waals surface area (Å²) in [7, 11) is -2.41. The van der Waals surface area contributed by atoms with Crippen molar-refractivity contribution in [2.75, 3.05) is 7.11 Å². The van der Waals surface area contributed by atoms with Crippen LogP contribution in [0, 0.1) is 0 Å². The molecule has 0 fully saturated rings. The Hall–Kier alpha value is -2.01. The Labute approximate surface area is 163 Å². The molecule has 148 valence electrons. The summed E-state index contributed by atoms with van der Waals surface area (Å²) in [5, 5.41) is 0. The molecule has 5 heteroatoms. The van der Waals surface area contributed by atoms with Crippen LogP contribution in [-0.2, 0) is 10.1 Å². The minimum atomic E-state index is -3.97. The number of benzene rings is 2. The van der Waals surface area contributed by atoms with Crippen molar-refractivity contribution < 1.29 is 17.3 Å². The van der Waals surface area contributed by atoms with Crippen molar-refractivity contribution in [2.24, 2.45) is 0 Å². The van der Waals surface area contributed by atoms with Crippen LogP contribution in [0.5, 0.6) is 11.5 Å². The fourth-order valence-corrected chi connectivity index (χ4v) is 4.59. The Morgan fingerprint density at radius 2 is 1.19 bits per heavy atom. The molecule has 2 aromatic rings. The summed E-state index contributed by atoms with van der Waals surface area (Å²) in [6.45, 7) is 12.3. The van der Waals surface area contributed by atoms with Gasteiger partial charge in [-0.15, -0.1) is 0 Å². The topological polar surface area (TPSA) is 52.6 Å². The highest BCUT2D eigenvalue weighted by molar-refractivity contribution is 7.87. The normalized spacial score (nSPS) is 12.1. The van der Waals surface area contributed by atoms with Gasteiger partial charge in [0.15, 0.2) is 0 Å². The van der Waals surface area contributed by atoms with E-state index in [4.69, 9.17) is 8.92 Å². The first-order valence-electron chi connectivity index (χ1n) is 9.33. The van der Waals surface area contributed by atoms with E-state index in [-0.39, 0.29) is 17.6 Å². The zero-order valence-electron chi connectivity index (χ0n) is 17.2.